The number of benzene rings is 1. The van der Waals surface area contributed by atoms with Gasteiger partial charge in [0.15, 0.2) is 23.0 Å². The van der Waals surface area contributed by atoms with E-state index in [0.29, 0.717) is 11.3 Å². The highest BCUT2D eigenvalue weighted by atomic mass is 32.1. The van der Waals surface area contributed by atoms with Crippen LogP contribution in [-0.4, -0.2) is 30.1 Å². The summed E-state index contributed by atoms with van der Waals surface area (Å²) >= 11 is 1.50. The largest absolute Gasteiger partial charge is 0.494 e. The number of ether oxygens (including phenoxy) is 1. The van der Waals surface area contributed by atoms with Crippen LogP contribution >= 0.6 is 11.3 Å². The van der Waals surface area contributed by atoms with E-state index in [1.807, 2.05) is 17.5 Å². The third-order valence-corrected chi connectivity index (χ3v) is 4.36. The molecule has 1 aromatic carbocycles. The van der Waals surface area contributed by atoms with E-state index in [1.165, 1.54) is 35.5 Å². The summed E-state index contributed by atoms with van der Waals surface area (Å²) < 4.78 is 23.8. The Morgan fingerprint density at radius 2 is 2.21 bits per heavy atom. The number of halogens is 1. The number of hydrogen-bond acceptors (Lipinski definition) is 5. The smallest absolute Gasteiger partial charge is 0.276 e. The number of nitrogens with zero attached hydrogens (tertiary/aromatic N) is 2. The normalized spacial score (nSPS) is 10.6. The van der Waals surface area contributed by atoms with Crippen LogP contribution in [0.2, 0.25) is 0 Å². The summed E-state index contributed by atoms with van der Waals surface area (Å²) in [5.74, 6) is -0.0305. The number of aromatic nitrogens is 1. The highest BCUT2D eigenvalue weighted by Gasteiger charge is 2.18. The zero-order chi connectivity index (χ0) is 17.1. The molecule has 0 aliphatic rings. The lowest BCUT2D eigenvalue weighted by atomic mass is 10.2. The van der Waals surface area contributed by atoms with Gasteiger partial charge in [-0.15, -0.1) is 11.3 Å². The van der Waals surface area contributed by atoms with Crippen LogP contribution in [-0.2, 0) is 6.54 Å². The van der Waals surface area contributed by atoms with E-state index in [9.17, 15) is 9.18 Å². The van der Waals surface area contributed by atoms with Crippen molar-refractivity contribution in [3.63, 3.8) is 0 Å². The first-order chi connectivity index (χ1) is 11.6. The van der Waals surface area contributed by atoms with Crippen LogP contribution in [0.15, 0.2) is 46.3 Å². The van der Waals surface area contributed by atoms with Crippen LogP contribution in [0, 0.1) is 5.82 Å². The molecule has 1 amide bonds. The molecule has 7 heteroatoms. The van der Waals surface area contributed by atoms with Gasteiger partial charge in [-0.1, -0.05) is 17.3 Å². The number of rotatable bonds is 5. The van der Waals surface area contributed by atoms with Gasteiger partial charge >= 0.3 is 0 Å². The quantitative estimate of drug-likeness (QED) is 0.705. The SMILES string of the molecule is COc1ccc(CN(C)C(=O)c2cc(-c3cccs3)on2)cc1F. The number of carbonyl (C=O) groups excluding carboxylic acids is 1. The second-order valence-corrected chi connectivity index (χ2v) is 6.13. The Labute approximate surface area is 142 Å². The molecule has 0 bridgehead atoms. The van der Waals surface area contributed by atoms with E-state index in [1.54, 1.807) is 19.2 Å². The molecule has 5 nitrogen and oxygen atoms in total. The number of amides is 1. The van der Waals surface area contributed by atoms with Gasteiger partial charge in [0.2, 0.25) is 0 Å². The average Bonchev–Trinajstić information content (AvgIpc) is 3.25. The van der Waals surface area contributed by atoms with Crippen LogP contribution < -0.4 is 4.74 Å². The molecule has 3 rings (SSSR count). The summed E-state index contributed by atoms with van der Waals surface area (Å²) in [5, 5.41) is 5.75. The lowest BCUT2D eigenvalue weighted by Crippen LogP contribution is -2.26. The van der Waals surface area contributed by atoms with E-state index >= 15 is 0 Å². The Bertz CT molecular complexity index is 845. The highest BCUT2D eigenvalue weighted by Crippen LogP contribution is 2.25. The van der Waals surface area contributed by atoms with Gasteiger partial charge in [-0.05, 0) is 29.1 Å². The minimum absolute atomic E-state index is 0.171. The first kappa shape index (κ1) is 16.2. The summed E-state index contributed by atoms with van der Waals surface area (Å²) in [4.78, 5) is 14.8. The number of hydrogen-bond donors (Lipinski definition) is 0. The van der Waals surface area contributed by atoms with Crippen molar-refractivity contribution in [2.24, 2.45) is 0 Å². The van der Waals surface area contributed by atoms with Gasteiger partial charge in [0.05, 0.1) is 12.0 Å². The molecule has 0 saturated carbocycles. The Balaban J connectivity index is 1.72. The Morgan fingerprint density at radius 1 is 1.38 bits per heavy atom. The van der Waals surface area contributed by atoms with Gasteiger partial charge < -0.3 is 14.2 Å². The van der Waals surface area contributed by atoms with Gasteiger partial charge in [-0.2, -0.15) is 0 Å². The monoisotopic (exact) mass is 346 g/mol. The molecule has 0 N–H and O–H groups in total. The first-order valence-electron chi connectivity index (χ1n) is 7.17. The van der Waals surface area contributed by atoms with Crippen molar-refractivity contribution in [1.29, 1.82) is 0 Å². The molecule has 0 spiro atoms. The van der Waals surface area contributed by atoms with Crippen molar-refractivity contribution in [2.75, 3.05) is 14.2 Å². The summed E-state index contributed by atoms with van der Waals surface area (Å²) in [6.07, 6.45) is 0. The van der Waals surface area contributed by atoms with Gasteiger partial charge in [-0.25, -0.2) is 4.39 Å². The van der Waals surface area contributed by atoms with E-state index in [4.69, 9.17) is 9.26 Å². The molecule has 124 valence electrons. The number of thiophene rings is 1. The average molecular weight is 346 g/mol. The summed E-state index contributed by atoms with van der Waals surface area (Å²) in [5.41, 5.74) is 0.876. The Morgan fingerprint density at radius 3 is 2.88 bits per heavy atom. The molecule has 3 aromatic rings. The Hall–Kier alpha value is -2.67. The first-order valence-corrected chi connectivity index (χ1v) is 8.05. The molecule has 24 heavy (non-hydrogen) atoms. The van der Waals surface area contributed by atoms with Crippen LogP contribution in [0.5, 0.6) is 5.75 Å². The molecular weight excluding hydrogens is 331 g/mol. The molecular formula is C17H15FN2O3S. The van der Waals surface area contributed by atoms with Crippen molar-refractivity contribution in [3.8, 4) is 16.4 Å². The summed E-state index contributed by atoms with van der Waals surface area (Å²) in [7, 11) is 3.04. The molecule has 2 aromatic heterocycles. The predicted octanol–water partition coefficient (Wildman–Crippen LogP) is 3.82. The maximum Gasteiger partial charge on any atom is 0.276 e. The minimum Gasteiger partial charge on any atom is -0.494 e. The van der Waals surface area contributed by atoms with E-state index in [2.05, 4.69) is 5.16 Å². The topological polar surface area (TPSA) is 55.6 Å². The van der Waals surface area contributed by atoms with Crippen molar-refractivity contribution in [1.82, 2.24) is 10.1 Å². The third kappa shape index (κ3) is 3.30. The summed E-state index contributed by atoms with van der Waals surface area (Å²) in [6, 6.07) is 10.00. The molecule has 0 atom stereocenters. The molecule has 0 unspecified atom stereocenters. The van der Waals surface area contributed by atoms with Crippen LogP contribution in [0.1, 0.15) is 16.1 Å². The fourth-order valence-corrected chi connectivity index (χ4v) is 2.93. The highest BCUT2D eigenvalue weighted by molar-refractivity contribution is 7.13. The third-order valence-electron chi connectivity index (χ3n) is 3.48. The molecule has 2 heterocycles. The number of carbonyl (C=O) groups is 1. The standard InChI is InChI=1S/C17H15FN2O3S/c1-20(10-11-5-6-14(22-2)12(18)8-11)17(21)13-9-15(23-19-13)16-4-3-7-24-16/h3-9H,10H2,1-2H3. The van der Waals surface area contributed by atoms with Crippen molar-refractivity contribution < 1.29 is 18.4 Å². The molecule has 0 fully saturated rings. The van der Waals surface area contributed by atoms with Crippen LogP contribution in [0.4, 0.5) is 4.39 Å². The lowest BCUT2D eigenvalue weighted by Gasteiger charge is -2.16. The zero-order valence-electron chi connectivity index (χ0n) is 13.2. The van der Waals surface area contributed by atoms with E-state index in [0.717, 1.165) is 4.88 Å². The molecule has 0 aliphatic heterocycles. The summed E-state index contributed by atoms with van der Waals surface area (Å²) in [6.45, 7) is 0.251. The minimum atomic E-state index is -0.461. The van der Waals surface area contributed by atoms with Gasteiger partial charge in [-0.3, -0.25) is 4.79 Å². The molecule has 0 aliphatic carbocycles. The van der Waals surface area contributed by atoms with Crippen LogP contribution in [0.3, 0.4) is 0 Å². The van der Waals surface area contributed by atoms with E-state index < -0.39 is 5.82 Å². The van der Waals surface area contributed by atoms with Gasteiger partial charge in [0.1, 0.15) is 0 Å². The predicted molar refractivity (Wildman–Crippen MR) is 88.6 cm³/mol. The van der Waals surface area contributed by atoms with Crippen LogP contribution in [0.25, 0.3) is 10.6 Å². The van der Waals surface area contributed by atoms with Gasteiger partial charge in [0, 0.05) is 19.7 Å². The van der Waals surface area contributed by atoms with Gasteiger partial charge in [0.25, 0.3) is 5.91 Å². The van der Waals surface area contributed by atoms with Crippen molar-refractivity contribution in [2.45, 2.75) is 6.54 Å². The second kappa shape index (κ2) is 6.84. The maximum atomic E-state index is 13.7. The second-order valence-electron chi connectivity index (χ2n) is 5.18. The van der Waals surface area contributed by atoms with Crippen molar-refractivity contribution >= 4 is 17.2 Å². The number of methoxy groups -OCH3 is 1. The van der Waals surface area contributed by atoms with E-state index in [-0.39, 0.29) is 23.9 Å². The molecule has 0 saturated heterocycles. The van der Waals surface area contributed by atoms with Crippen molar-refractivity contribution in [3.05, 3.63) is 58.9 Å². The zero-order valence-corrected chi connectivity index (χ0v) is 14.0. The fourth-order valence-electron chi connectivity index (χ4n) is 2.26. The Kier molecular flexibility index (Phi) is 4.61. The molecule has 0 radical (unpaired) electrons. The maximum absolute atomic E-state index is 13.7. The lowest BCUT2D eigenvalue weighted by molar-refractivity contribution is 0.0774. The fraction of sp³-hybridized carbons (Fsp3) is 0.176.